The fraction of sp³-hybridized carbons (Fsp3) is 0.364. The van der Waals surface area contributed by atoms with E-state index in [2.05, 4.69) is 41.4 Å². The van der Waals surface area contributed by atoms with Crippen LogP contribution >= 0.6 is 12.4 Å². The summed E-state index contributed by atoms with van der Waals surface area (Å²) >= 11 is 0. The highest BCUT2D eigenvalue weighted by atomic mass is 35.5. The molecule has 28 heavy (non-hydrogen) atoms. The van der Waals surface area contributed by atoms with Crippen molar-refractivity contribution >= 4 is 18.1 Å². The maximum absolute atomic E-state index is 12.5. The van der Waals surface area contributed by atoms with Crippen LogP contribution in [0.15, 0.2) is 53.5 Å². The van der Waals surface area contributed by atoms with Crippen molar-refractivity contribution in [1.82, 2.24) is 19.6 Å². The fourth-order valence-corrected chi connectivity index (χ4v) is 3.79. The molecule has 148 valence electrons. The van der Waals surface area contributed by atoms with Gasteiger partial charge in [0.25, 0.3) is 5.56 Å². The van der Waals surface area contributed by atoms with E-state index < -0.39 is 0 Å². The number of halogens is 1. The Hall–Kier alpha value is -2.21. The maximum atomic E-state index is 12.5. The lowest BCUT2D eigenvalue weighted by molar-refractivity contribution is 0.152. The third-order valence-corrected chi connectivity index (χ3v) is 5.35. The highest BCUT2D eigenvalue weighted by molar-refractivity contribution is 5.85. The third-order valence-electron chi connectivity index (χ3n) is 5.35. The van der Waals surface area contributed by atoms with Crippen LogP contribution in [0.4, 0.5) is 0 Å². The summed E-state index contributed by atoms with van der Waals surface area (Å²) in [5.41, 5.74) is 5.25. The van der Waals surface area contributed by atoms with E-state index in [0.717, 1.165) is 37.3 Å². The van der Waals surface area contributed by atoms with E-state index in [1.807, 2.05) is 25.3 Å². The maximum Gasteiger partial charge on any atom is 0.258 e. The van der Waals surface area contributed by atoms with Gasteiger partial charge in [-0.05, 0) is 36.1 Å². The number of nitrogens with one attached hydrogen (secondary N) is 1. The van der Waals surface area contributed by atoms with Crippen molar-refractivity contribution < 1.29 is 0 Å². The van der Waals surface area contributed by atoms with Crippen LogP contribution in [0.2, 0.25) is 0 Å². The summed E-state index contributed by atoms with van der Waals surface area (Å²) in [6.07, 6.45) is 2.90. The van der Waals surface area contributed by atoms with Gasteiger partial charge in [0.15, 0.2) is 0 Å². The van der Waals surface area contributed by atoms with Crippen molar-refractivity contribution in [2.24, 2.45) is 0 Å². The molecule has 1 aliphatic rings. The summed E-state index contributed by atoms with van der Waals surface area (Å²) in [4.78, 5) is 19.7. The summed E-state index contributed by atoms with van der Waals surface area (Å²) in [6, 6.07) is 14.8. The Morgan fingerprint density at radius 2 is 1.96 bits per heavy atom. The zero-order valence-corrected chi connectivity index (χ0v) is 17.2. The number of nitrogens with zero attached hydrogens (tertiary/aromatic N) is 3. The molecular formula is C22H27ClN4O. The highest BCUT2D eigenvalue weighted by Crippen LogP contribution is 2.24. The quantitative estimate of drug-likeness (QED) is 0.733. The summed E-state index contributed by atoms with van der Waals surface area (Å²) in [5, 5.41) is 3.50. The molecule has 0 radical (unpaired) electrons. The van der Waals surface area contributed by atoms with Gasteiger partial charge in [0, 0.05) is 44.5 Å². The van der Waals surface area contributed by atoms with E-state index in [-0.39, 0.29) is 18.0 Å². The second-order valence-electron chi connectivity index (χ2n) is 7.31. The molecule has 1 aliphatic heterocycles. The number of piperazine rings is 1. The number of aryl methyl sites for hydroxylation is 2. The topological polar surface area (TPSA) is 49.6 Å². The van der Waals surface area contributed by atoms with Crippen molar-refractivity contribution in [3.8, 4) is 0 Å². The molecule has 0 aliphatic carbocycles. The molecule has 0 spiro atoms. The summed E-state index contributed by atoms with van der Waals surface area (Å²) in [7, 11) is 0. The molecule has 1 saturated heterocycles. The van der Waals surface area contributed by atoms with Gasteiger partial charge in [0.1, 0.15) is 5.65 Å². The Labute approximate surface area is 171 Å². The Morgan fingerprint density at radius 3 is 2.71 bits per heavy atom. The first-order valence-corrected chi connectivity index (χ1v) is 9.66. The van der Waals surface area contributed by atoms with Gasteiger partial charge < -0.3 is 5.32 Å². The van der Waals surface area contributed by atoms with E-state index >= 15 is 0 Å². The Bertz CT molecular complexity index is 1000. The van der Waals surface area contributed by atoms with Gasteiger partial charge in [-0.15, -0.1) is 12.4 Å². The Kier molecular flexibility index (Phi) is 6.50. The third kappa shape index (κ3) is 4.27. The SMILES string of the molecule is CCc1ccc(C2CNCCN2Cc2cc(=O)n3cc(C)ccc3n2)cc1.Cl. The van der Waals surface area contributed by atoms with Crippen LogP contribution in [0.5, 0.6) is 0 Å². The molecule has 1 unspecified atom stereocenters. The predicted molar refractivity (Wildman–Crippen MR) is 115 cm³/mol. The molecule has 0 amide bonds. The van der Waals surface area contributed by atoms with Crippen molar-refractivity contribution in [2.45, 2.75) is 32.9 Å². The van der Waals surface area contributed by atoms with Crippen LogP contribution in [-0.2, 0) is 13.0 Å². The molecule has 3 aromatic rings. The normalized spacial score (nSPS) is 17.4. The van der Waals surface area contributed by atoms with Gasteiger partial charge in [0.05, 0.1) is 5.69 Å². The van der Waals surface area contributed by atoms with Crippen LogP contribution in [0.25, 0.3) is 5.65 Å². The molecule has 3 heterocycles. The first-order valence-electron chi connectivity index (χ1n) is 9.66. The minimum absolute atomic E-state index is 0. The average Bonchev–Trinajstić information content (AvgIpc) is 2.69. The molecule has 1 atom stereocenters. The van der Waals surface area contributed by atoms with Crippen LogP contribution in [0.3, 0.4) is 0 Å². The van der Waals surface area contributed by atoms with Gasteiger partial charge in [0.2, 0.25) is 0 Å². The Morgan fingerprint density at radius 1 is 1.18 bits per heavy atom. The number of aromatic nitrogens is 2. The molecule has 1 fully saturated rings. The molecule has 6 heteroatoms. The fourth-order valence-electron chi connectivity index (χ4n) is 3.79. The number of rotatable bonds is 4. The van der Waals surface area contributed by atoms with Gasteiger partial charge in [-0.2, -0.15) is 0 Å². The molecule has 4 rings (SSSR count). The molecule has 1 N–H and O–H groups in total. The molecule has 1 aromatic carbocycles. The molecule has 0 saturated carbocycles. The minimum atomic E-state index is -0.0160. The Balaban J connectivity index is 0.00000225. The largest absolute Gasteiger partial charge is 0.314 e. The average molecular weight is 399 g/mol. The number of hydrogen-bond acceptors (Lipinski definition) is 4. The van der Waals surface area contributed by atoms with E-state index in [1.54, 1.807) is 10.5 Å². The van der Waals surface area contributed by atoms with E-state index in [9.17, 15) is 4.79 Å². The number of benzene rings is 1. The lowest BCUT2D eigenvalue weighted by Crippen LogP contribution is -2.45. The van der Waals surface area contributed by atoms with Gasteiger partial charge >= 0.3 is 0 Å². The smallest absolute Gasteiger partial charge is 0.258 e. The summed E-state index contributed by atoms with van der Waals surface area (Å²) in [5.74, 6) is 0. The van der Waals surface area contributed by atoms with Crippen molar-refractivity contribution in [1.29, 1.82) is 0 Å². The van der Waals surface area contributed by atoms with Crippen LogP contribution in [0, 0.1) is 6.92 Å². The van der Waals surface area contributed by atoms with Crippen LogP contribution in [-0.4, -0.2) is 33.9 Å². The minimum Gasteiger partial charge on any atom is -0.314 e. The van der Waals surface area contributed by atoms with Gasteiger partial charge in [-0.3, -0.25) is 14.1 Å². The van der Waals surface area contributed by atoms with Gasteiger partial charge in [-0.25, -0.2) is 4.98 Å². The molecule has 5 nitrogen and oxygen atoms in total. The van der Waals surface area contributed by atoms with Crippen molar-refractivity contribution in [3.63, 3.8) is 0 Å². The van der Waals surface area contributed by atoms with Crippen LogP contribution in [0.1, 0.15) is 35.3 Å². The van der Waals surface area contributed by atoms with E-state index in [4.69, 9.17) is 4.98 Å². The predicted octanol–water partition coefficient (Wildman–Crippen LogP) is 3.13. The summed E-state index contributed by atoms with van der Waals surface area (Å²) < 4.78 is 1.62. The first kappa shape index (κ1) is 20.5. The van der Waals surface area contributed by atoms with E-state index in [1.165, 1.54) is 11.1 Å². The second-order valence-corrected chi connectivity index (χ2v) is 7.31. The summed E-state index contributed by atoms with van der Waals surface area (Å²) in [6.45, 7) is 7.65. The van der Waals surface area contributed by atoms with Crippen molar-refractivity contribution in [3.05, 3.63) is 81.4 Å². The lowest BCUT2D eigenvalue weighted by Gasteiger charge is -2.36. The van der Waals surface area contributed by atoms with E-state index in [0.29, 0.717) is 18.2 Å². The standard InChI is InChI=1S/C22H26N4O.ClH/c1-3-17-5-7-18(8-6-17)20-13-23-10-11-25(20)15-19-12-22(27)26-14-16(2)4-9-21(26)24-19;/h4-9,12,14,20,23H,3,10-11,13,15H2,1-2H3;1H. The monoisotopic (exact) mass is 398 g/mol. The zero-order chi connectivity index (χ0) is 18.8. The van der Waals surface area contributed by atoms with Crippen molar-refractivity contribution in [2.75, 3.05) is 19.6 Å². The van der Waals surface area contributed by atoms with Crippen LogP contribution < -0.4 is 10.9 Å². The number of fused-ring (bicyclic) bond motifs is 1. The lowest BCUT2D eigenvalue weighted by atomic mass is 10.0. The number of hydrogen-bond donors (Lipinski definition) is 1. The first-order chi connectivity index (χ1) is 13.1. The zero-order valence-electron chi connectivity index (χ0n) is 16.4. The molecular weight excluding hydrogens is 372 g/mol. The second kappa shape index (κ2) is 8.86. The number of pyridine rings is 1. The van der Waals surface area contributed by atoms with Gasteiger partial charge in [-0.1, -0.05) is 37.3 Å². The highest BCUT2D eigenvalue weighted by Gasteiger charge is 2.24. The molecule has 0 bridgehead atoms. The molecule has 2 aromatic heterocycles.